The van der Waals surface area contributed by atoms with Crippen LogP contribution in [0.2, 0.25) is 0 Å². The molecule has 120 valence electrons. The minimum Gasteiger partial charge on any atom is -0.371 e. The van der Waals surface area contributed by atoms with E-state index in [0.29, 0.717) is 5.56 Å². The van der Waals surface area contributed by atoms with Crippen molar-refractivity contribution in [2.75, 3.05) is 25.0 Å². The fourth-order valence-electron chi connectivity index (χ4n) is 2.66. The van der Waals surface area contributed by atoms with Crippen LogP contribution in [0.1, 0.15) is 34.5 Å². The molecule has 1 aliphatic rings. The van der Waals surface area contributed by atoms with Crippen LogP contribution in [0.3, 0.4) is 0 Å². The second-order valence-electron chi connectivity index (χ2n) is 5.69. The molecule has 0 bridgehead atoms. The van der Waals surface area contributed by atoms with Gasteiger partial charge >= 0.3 is 0 Å². The molecule has 23 heavy (non-hydrogen) atoms. The largest absolute Gasteiger partial charge is 0.371 e. The molecule has 0 radical (unpaired) electrons. The first-order valence-corrected chi connectivity index (χ1v) is 8.09. The van der Waals surface area contributed by atoms with Gasteiger partial charge in [-0.05, 0) is 41.8 Å². The Morgan fingerprint density at radius 2 is 1.91 bits per heavy atom. The summed E-state index contributed by atoms with van der Waals surface area (Å²) in [6.07, 6.45) is 1.07. The third-order valence-corrected chi connectivity index (χ3v) is 4.09. The van der Waals surface area contributed by atoms with Crippen LogP contribution in [0.25, 0.3) is 0 Å². The quantitative estimate of drug-likeness (QED) is 0.912. The number of rotatable bonds is 4. The number of carbonyl (C=O) groups is 1. The Morgan fingerprint density at radius 3 is 2.52 bits per heavy atom. The van der Waals surface area contributed by atoms with Crippen molar-refractivity contribution in [3.05, 3.63) is 65.2 Å². The summed E-state index contributed by atoms with van der Waals surface area (Å²) < 4.78 is 5.73. The number of nitrogens with one attached hydrogen (secondary N) is 2. The highest BCUT2D eigenvalue weighted by atomic mass is 16.5. The molecule has 1 atom stereocenters. The van der Waals surface area contributed by atoms with Crippen molar-refractivity contribution in [3.63, 3.8) is 0 Å². The number of carbonyl (C=O) groups excluding carboxylic acids is 1. The molecule has 0 saturated carbocycles. The van der Waals surface area contributed by atoms with E-state index in [4.69, 9.17) is 4.74 Å². The van der Waals surface area contributed by atoms with Crippen molar-refractivity contribution >= 4 is 11.6 Å². The first kappa shape index (κ1) is 15.7. The van der Waals surface area contributed by atoms with Gasteiger partial charge in [0.2, 0.25) is 0 Å². The predicted molar refractivity (Wildman–Crippen MR) is 91.8 cm³/mol. The van der Waals surface area contributed by atoms with Gasteiger partial charge in [0.05, 0.1) is 12.7 Å². The Bertz CT molecular complexity index is 644. The third-order valence-electron chi connectivity index (χ3n) is 4.09. The first-order valence-electron chi connectivity index (χ1n) is 8.09. The molecule has 1 amide bonds. The average Bonchev–Trinajstić information content (AvgIpc) is 2.63. The molecule has 2 aromatic carbocycles. The molecule has 0 aliphatic carbocycles. The monoisotopic (exact) mass is 310 g/mol. The van der Waals surface area contributed by atoms with Gasteiger partial charge in [0.15, 0.2) is 0 Å². The van der Waals surface area contributed by atoms with Crippen LogP contribution in [0.15, 0.2) is 48.5 Å². The number of amides is 1. The summed E-state index contributed by atoms with van der Waals surface area (Å²) in [5, 5.41) is 6.25. The molecule has 4 nitrogen and oxygen atoms in total. The highest BCUT2D eigenvalue weighted by molar-refractivity contribution is 6.04. The zero-order valence-corrected chi connectivity index (χ0v) is 13.3. The van der Waals surface area contributed by atoms with Crippen molar-refractivity contribution in [1.82, 2.24) is 5.32 Å². The number of benzene rings is 2. The summed E-state index contributed by atoms with van der Waals surface area (Å²) in [5.41, 5.74) is 3.82. The number of anilines is 1. The van der Waals surface area contributed by atoms with E-state index in [-0.39, 0.29) is 12.0 Å². The summed E-state index contributed by atoms with van der Waals surface area (Å²) in [6.45, 7) is 4.57. The number of aryl methyl sites for hydroxylation is 1. The number of ether oxygens (including phenoxy) is 1. The number of morpholine rings is 1. The zero-order chi connectivity index (χ0) is 16.1. The van der Waals surface area contributed by atoms with E-state index < -0.39 is 0 Å². The van der Waals surface area contributed by atoms with Gasteiger partial charge in [-0.3, -0.25) is 4.79 Å². The lowest BCUT2D eigenvalue weighted by Crippen LogP contribution is -2.33. The molecule has 0 aromatic heterocycles. The zero-order valence-electron chi connectivity index (χ0n) is 13.3. The maximum atomic E-state index is 12.3. The van der Waals surface area contributed by atoms with Gasteiger partial charge in [0.1, 0.15) is 0 Å². The van der Waals surface area contributed by atoms with Crippen LogP contribution in [-0.2, 0) is 11.2 Å². The van der Waals surface area contributed by atoms with Crippen molar-refractivity contribution in [3.8, 4) is 0 Å². The molecule has 3 rings (SSSR count). The van der Waals surface area contributed by atoms with E-state index in [9.17, 15) is 4.79 Å². The smallest absolute Gasteiger partial charge is 0.255 e. The highest BCUT2D eigenvalue weighted by Gasteiger charge is 2.15. The van der Waals surface area contributed by atoms with Crippen molar-refractivity contribution in [2.45, 2.75) is 19.4 Å². The molecule has 1 fully saturated rings. The second kappa shape index (κ2) is 7.40. The van der Waals surface area contributed by atoms with E-state index in [1.165, 1.54) is 5.56 Å². The van der Waals surface area contributed by atoms with E-state index in [2.05, 4.69) is 17.6 Å². The summed E-state index contributed by atoms with van der Waals surface area (Å²) >= 11 is 0. The Kier molecular flexibility index (Phi) is 5.05. The summed E-state index contributed by atoms with van der Waals surface area (Å²) in [4.78, 5) is 12.3. The van der Waals surface area contributed by atoms with Gasteiger partial charge in [-0.25, -0.2) is 0 Å². The fraction of sp³-hybridized carbons (Fsp3) is 0.316. The van der Waals surface area contributed by atoms with Crippen LogP contribution in [0.4, 0.5) is 5.69 Å². The van der Waals surface area contributed by atoms with Gasteiger partial charge in [0, 0.05) is 24.3 Å². The van der Waals surface area contributed by atoms with E-state index in [0.717, 1.165) is 37.4 Å². The predicted octanol–water partition coefficient (Wildman–Crippen LogP) is 3.16. The normalized spacial score (nSPS) is 17.7. The van der Waals surface area contributed by atoms with Crippen LogP contribution in [-0.4, -0.2) is 25.6 Å². The minimum absolute atomic E-state index is 0.0870. The van der Waals surface area contributed by atoms with Gasteiger partial charge in [0.25, 0.3) is 5.91 Å². The minimum atomic E-state index is -0.0870. The second-order valence-corrected chi connectivity index (χ2v) is 5.69. The van der Waals surface area contributed by atoms with Crippen molar-refractivity contribution < 1.29 is 9.53 Å². The Labute approximate surface area is 136 Å². The molecule has 1 aliphatic heterocycles. The van der Waals surface area contributed by atoms with E-state index in [1.54, 1.807) is 0 Å². The van der Waals surface area contributed by atoms with Crippen LogP contribution in [0.5, 0.6) is 0 Å². The van der Waals surface area contributed by atoms with Crippen molar-refractivity contribution in [1.29, 1.82) is 0 Å². The lowest BCUT2D eigenvalue weighted by molar-refractivity contribution is 0.0277. The third kappa shape index (κ3) is 3.97. The molecule has 0 spiro atoms. The molecule has 1 unspecified atom stereocenters. The Morgan fingerprint density at radius 1 is 1.17 bits per heavy atom. The maximum absolute atomic E-state index is 12.3. The lowest BCUT2D eigenvalue weighted by Gasteiger charge is -2.24. The van der Waals surface area contributed by atoms with E-state index >= 15 is 0 Å². The SMILES string of the molecule is CCc1ccc(C(=O)Nc2ccc(C3CNCCO3)cc2)cc1. The Balaban J connectivity index is 1.63. The molecule has 2 N–H and O–H groups in total. The van der Waals surface area contributed by atoms with Gasteiger partial charge in [-0.15, -0.1) is 0 Å². The Hall–Kier alpha value is -2.17. The number of hydrogen-bond acceptors (Lipinski definition) is 3. The standard InChI is InChI=1S/C19H22N2O2/c1-2-14-3-5-16(6-4-14)19(22)21-17-9-7-15(8-10-17)18-13-20-11-12-23-18/h3-10,18,20H,2,11-13H2,1H3,(H,21,22). The number of hydrogen-bond donors (Lipinski definition) is 2. The summed E-state index contributed by atoms with van der Waals surface area (Å²) in [6, 6.07) is 15.6. The molecule has 1 heterocycles. The molecular weight excluding hydrogens is 288 g/mol. The fourth-order valence-corrected chi connectivity index (χ4v) is 2.66. The van der Waals surface area contributed by atoms with E-state index in [1.807, 2.05) is 48.5 Å². The average molecular weight is 310 g/mol. The van der Waals surface area contributed by atoms with Gasteiger partial charge in [-0.1, -0.05) is 31.2 Å². The van der Waals surface area contributed by atoms with Crippen LogP contribution in [0, 0.1) is 0 Å². The summed E-state index contributed by atoms with van der Waals surface area (Å²) in [7, 11) is 0. The molecule has 2 aromatic rings. The topological polar surface area (TPSA) is 50.4 Å². The van der Waals surface area contributed by atoms with Gasteiger partial charge in [-0.2, -0.15) is 0 Å². The first-order chi connectivity index (χ1) is 11.3. The molecule has 4 heteroatoms. The lowest BCUT2D eigenvalue weighted by atomic mass is 10.1. The van der Waals surface area contributed by atoms with Crippen LogP contribution < -0.4 is 10.6 Å². The van der Waals surface area contributed by atoms with Gasteiger partial charge < -0.3 is 15.4 Å². The highest BCUT2D eigenvalue weighted by Crippen LogP contribution is 2.21. The van der Waals surface area contributed by atoms with Crippen LogP contribution >= 0.6 is 0 Å². The molecular formula is C19H22N2O2. The maximum Gasteiger partial charge on any atom is 0.255 e. The summed E-state index contributed by atoms with van der Waals surface area (Å²) in [5.74, 6) is -0.0870. The van der Waals surface area contributed by atoms with Crippen molar-refractivity contribution in [2.24, 2.45) is 0 Å². The molecule has 1 saturated heterocycles.